The summed E-state index contributed by atoms with van der Waals surface area (Å²) in [6, 6.07) is 88.9. The van der Waals surface area contributed by atoms with Crippen LogP contribution in [0.2, 0.25) is 0 Å². The molecule has 24 heteroatoms. The first-order chi connectivity index (χ1) is 53.0. The number of halogens is 2. The standard InChI is InChI=1S/C20H20O3S.C19H18O6S.C19H18O4S.2C9H8O.2C7H7S.2ClH.2Mg/c1-14(21)20(17-7-5-4-6-8-17)19(13-23-15(2)22)16-9-11-18(24-3)12-10-16;1-13(20)25-12-17(14-8-10-16(11-9-14)26(2,23)24)18(19(21)22)15-6-4-3-5-7-15;1-13(20)23-12-17(14-8-10-16(24-2)11-9-14)18(19(21)22)15-6-4-3-5-7-15;2*10-8-4-7-9-5-2-1-3-6-9;2*1-8-7-5-3-2-4-6-7;;;;/h4-12H,13H2,1-3H3;3-11H,12H2,1-2H3,(H,21,22);3-11H,12H2,1-2H3,(H,21,22);2*1-3,5-6,10H,8H2;2*3-6H,1H3;2*1H;;/q;;;;;2*-1;;;2*+2/p-2/b20-19-;2*18-17+;;;;;;;;. The summed E-state index contributed by atoms with van der Waals surface area (Å²) in [4.78, 5) is 74.7. The molecule has 0 aliphatic heterocycles. The molecule has 0 atom stereocenters. The average molecular weight is 1690 g/mol. The molecule has 10 rings (SSSR count). The number of Topliss-reactive ketones (excluding diaryl/α,β-unsaturated/α-hetero) is 1. The molecule has 584 valence electrons. The van der Waals surface area contributed by atoms with Crippen LogP contribution in [0.15, 0.2) is 297 Å². The number of rotatable bonds is 20. The third-order valence-corrected chi connectivity index (χ3v) is 18.8. The Kier molecular flexibility index (Phi) is 55.7. The Morgan fingerprint density at radius 1 is 0.360 bits per heavy atom. The molecule has 0 saturated heterocycles. The smallest absolute Gasteiger partial charge is 1.00 e. The van der Waals surface area contributed by atoms with Crippen molar-refractivity contribution in [2.75, 3.05) is 64.3 Å². The van der Waals surface area contributed by atoms with Gasteiger partial charge in [-0.3, -0.25) is 19.2 Å². The molecular weight excluding hydrogens is 1600 g/mol. The van der Waals surface area contributed by atoms with E-state index in [1.54, 1.807) is 102 Å². The quantitative estimate of drug-likeness (QED) is 0.00810. The molecule has 0 aromatic heterocycles. The Balaban J connectivity index is 0.00000136. The van der Waals surface area contributed by atoms with E-state index in [4.69, 9.17) is 24.4 Å². The van der Waals surface area contributed by atoms with Gasteiger partial charge in [0.15, 0.2) is 15.6 Å². The number of carboxylic acid groups (broad SMARTS) is 2. The van der Waals surface area contributed by atoms with Crippen molar-refractivity contribution in [1.82, 2.24) is 0 Å². The van der Waals surface area contributed by atoms with Gasteiger partial charge in [-0.2, -0.15) is 84.2 Å². The van der Waals surface area contributed by atoms with Gasteiger partial charge in [-0.25, -0.2) is 18.0 Å². The Morgan fingerprint density at radius 3 is 0.833 bits per heavy atom. The van der Waals surface area contributed by atoms with E-state index in [9.17, 15) is 47.4 Å². The number of allylic oxidation sites excluding steroid dienone is 1. The molecule has 0 unspecified atom stereocenters. The molecule has 0 heterocycles. The van der Waals surface area contributed by atoms with Gasteiger partial charge in [-0.05, 0) is 126 Å². The van der Waals surface area contributed by atoms with Crippen LogP contribution in [-0.2, 0) is 52.8 Å². The van der Waals surface area contributed by atoms with E-state index in [0.29, 0.717) is 27.8 Å². The maximum Gasteiger partial charge on any atom is 2.00 e. The third kappa shape index (κ3) is 40.8. The maximum absolute atomic E-state index is 12.3. The minimum absolute atomic E-state index is 0. The monoisotopic (exact) mass is 1680 g/mol. The van der Waals surface area contributed by atoms with Crippen LogP contribution in [-0.4, -0.2) is 175 Å². The molecule has 0 spiro atoms. The van der Waals surface area contributed by atoms with Crippen LogP contribution < -0.4 is 24.8 Å². The van der Waals surface area contributed by atoms with Gasteiger partial charge in [0.05, 0.1) is 16.0 Å². The zero-order valence-corrected chi connectivity index (χ0v) is 72.9. The van der Waals surface area contributed by atoms with Crippen molar-refractivity contribution in [3.63, 3.8) is 0 Å². The number of ketones is 1. The second-order valence-electron chi connectivity index (χ2n) is 22.5. The van der Waals surface area contributed by atoms with E-state index in [1.165, 1.54) is 61.8 Å². The number of carbonyl (C=O) groups excluding carboxylic acids is 4. The molecule has 15 nitrogen and oxygen atoms in total. The Bertz CT molecular complexity index is 4630. The zero-order chi connectivity index (χ0) is 80.5. The van der Waals surface area contributed by atoms with Crippen LogP contribution in [0.4, 0.5) is 0 Å². The molecule has 0 amide bonds. The molecular formula is C90H86Cl2Mg2O15S5. The van der Waals surface area contributed by atoms with Crippen LogP contribution in [0.25, 0.3) is 33.4 Å². The van der Waals surface area contributed by atoms with Gasteiger partial charge >= 0.3 is 76.0 Å². The predicted octanol–water partition coefficient (Wildman–Crippen LogP) is 10.8. The van der Waals surface area contributed by atoms with Gasteiger partial charge in [0.1, 0.15) is 33.0 Å². The fourth-order valence-electron chi connectivity index (χ4n) is 9.51. The topological polar surface area (TPSA) is 245 Å². The number of esters is 3. The zero-order valence-electron chi connectivity index (χ0n) is 64.5. The summed E-state index contributed by atoms with van der Waals surface area (Å²) in [6.45, 7) is 5.01. The summed E-state index contributed by atoms with van der Waals surface area (Å²) in [5.74, 6) is 7.07. The summed E-state index contributed by atoms with van der Waals surface area (Å²) < 4.78 is 38.6. The van der Waals surface area contributed by atoms with Gasteiger partial charge < -0.3 is 59.5 Å². The molecule has 10 aromatic rings. The van der Waals surface area contributed by atoms with Crippen molar-refractivity contribution in [2.45, 2.75) is 52.2 Å². The van der Waals surface area contributed by atoms with Crippen molar-refractivity contribution in [1.29, 1.82) is 0 Å². The molecule has 114 heavy (non-hydrogen) atoms. The fourth-order valence-corrected chi connectivity index (χ4v) is 11.8. The first-order valence-electron chi connectivity index (χ1n) is 33.6. The van der Waals surface area contributed by atoms with Gasteiger partial charge in [0.2, 0.25) is 0 Å². The summed E-state index contributed by atoms with van der Waals surface area (Å²) in [5.41, 5.74) is 7.94. The van der Waals surface area contributed by atoms with Gasteiger partial charge in [0.25, 0.3) is 0 Å². The van der Waals surface area contributed by atoms with E-state index in [0.717, 1.165) is 49.4 Å². The minimum Gasteiger partial charge on any atom is -1.00 e. The average Bonchev–Trinajstić information content (AvgIpc) is 0.825. The molecule has 0 fully saturated rings. The van der Waals surface area contributed by atoms with Crippen molar-refractivity contribution in [3.8, 4) is 23.7 Å². The second-order valence-corrected chi connectivity index (χ2v) is 28.0. The number of aliphatic hydroxyl groups excluding tert-OH is 2. The van der Waals surface area contributed by atoms with Crippen molar-refractivity contribution in [2.24, 2.45) is 0 Å². The number of thioether (sulfide) groups is 4. The first-order valence-corrected chi connectivity index (χ1v) is 40.4. The van der Waals surface area contributed by atoms with Crippen LogP contribution in [0.1, 0.15) is 72.2 Å². The largest absolute Gasteiger partial charge is 2.00 e. The number of carboxylic acids is 2. The number of ether oxygens (including phenoxy) is 3. The van der Waals surface area contributed by atoms with Crippen LogP contribution >= 0.6 is 47.0 Å². The normalized spacial score (nSPS) is 10.4. The predicted molar refractivity (Wildman–Crippen MR) is 458 cm³/mol. The minimum atomic E-state index is -3.38. The maximum atomic E-state index is 12.3. The van der Waals surface area contributed by atoms with Crippen LogP contribution in [0.3, 0.4) is 0 Å². The number of hydrogen-bond acceptors (Lipinski definition) is 17. The van der Waals surface area contributed by atoms with E-state index in [-0.39, 0.29) is 137 Å². The van der Waals surface area contributed by atoms with Gasteiger partial charge in [-0.1, -0.05) is 187 Å². The van der Waals surface area contributed by atoms with E-state index >= 15 is 0 Å². The summed E-state index contributed by atoms with van der Waals surface area (Å²) in [6.07, 6.45) is 9.20. The van der Waals surface area contributed by atoms with Crippen LogP contribution in [0.5, 0.6) is 0 Å². The SMILES string of the molecule is CC(=O)OC/C(=C(\C(=O)O)c1ccccc1)c1ccc(S(C)(=O)=O)cc1.CSc1cc[c-]cc1.CSc1cc[c-]cc1.CSc1ccc(/C(COC(C)=O)=C(/C(=O)O)c2ccccc2)cc1.CSc1ccc(/C(COC(C)=O)=C(/C(C)=O)c2ccccc2)cc1.OCC#Cc1ccccc1.OCC#Cc1ccccc1.[Cl-].[Cl-].[Mg+2].[Mg+2]. The second kappa shape index (κ2) is 60.5. The number of hydrogen-bond donors (Lipinski definition) is 4. The number of aliphatic hydroxyl groups is 2. The number of benzene rings is 10. The molecule has 0 aliphatic carbocycles. The molecule has 4 N–H and O–H groups in total. The van der Waals surface area contributed by atoms with E-state index in [1.807, 2.05) is 207 Å². The molecule has 0 saturated carbocycles. The number of sulfone groups is 1. The van der Waals surface area contributed by atoms with Gasteiger partial charge in [-0.15, -0.1) is 33.3 Å². The fraction of sp³-hybridized carbons (Fsp3) is 0.156. The van der Waals surface area contributed by atoms with Crippen LogP contribution in [0, 0.1) is 35.8 Å². The number of aliphatic carboxylic acids is 2. The molecule has 0 aliphatic rings. The van der Waals surface area contributed by atoms with Crippen molar-refractivity contribution < 1.29 is 96.6 Å². The summed E-state index contributed by atoms with van der Waals surface area (Å²) in [5, 5.41) is 36.1. The molecule has 10 aromatic carbocycles. The number of carbonyl (C=O) groups is 6. The third-order valence-electron chi connectivity index (χ3n) is 14.7. The van der Waals surface area contributed by atoms with Crippen molar-refractivity contribution >= 4 is 172 Å². The molecule has 0 bridgehead atoms. The van der Waals surface area contributed by atoms with E-state index < -0.39 is 33.7 Å². The van der Waals surface area contributed by atoms with E-state index in [2.05, 4.69) is 48.3 Å². The molecule has 0 radical (unpaired) electrons. The van der Waals surface area contributed by atoms with Crippen molar-refractivity contribution in [3.05, 3.63) is 330 Å². The summed E-state index contributed by atoms with van der Waals surface area (Å²) >= 11 is 6.75. The summed E-state index contributed by atoms with van der Waals surface area (Å²) in [7, 11) is -3.38. The Labute approximate surface area is 731 Å². The Hall–Kier alpha value is -9.06. The van der Waals surface area contributed by atoms with Gasteiger partial charge in [0, 0.05) is 70.2 Å². The first kappa shape index (κ1) is 105. The Morgan fingerprint density at radius 2 is 0.605 bits per heavy atom.